The zero-order chi connectivity index (χ0) is 9.31. The van der Waals surface area contributed by atoms with E-state index < -0.39 is 0 Å². The molecule has 0 aromatic carbocycles. The maximum Gasteiger partial charge on any atom is 0.0439 e. The van der Waals surface area contributed by atoms with Gasteiger partial charge in [0.05, 0.1) is 0 Å². The van der Waals surface area contributed by atoms with Gasteiger partial charge in [0.15, 0.2) is 0 Å². The number of rotatable bonds is 2. The Morgan fingerprint density at radius 2 is 2.46 bits per heavy atom. The molecule has 1 atom stereocenters. The zero-order valence-corrected chi connectivity index (χ0v) is 7.88. The fourth-order valence-electron chi connectivity index (χ4n) is 1.93. The summed E-state index contributed by atoms with van der Waals surface area (Å²) >= 11 is 0. The number of nitrogens with one attached hydrogen (secondary N) is 1. The summed E-state index contributed by atoms with van der Waals surface area (Å²) in [5.41, 5.74) is 2.72. The molecule has 2 N–H and O–H groups in total. The van der Waals surface area contributed by atoms with Gasteiger partial charge in [-0.1, -0.05) is 13.0 Å². The van der Waals surface area contributed by atoms with Crippen LogP contribution < -0.4 is 0 Å². The molecule has 2 nitrogen and oxygen atoms in total. The zero-order valence-electron chi connectivity index (χ0n) is 7.88. The first kappa shape index (κ1) is 8.57. The lowest BCUT2D eigenvalue weighted by Gasteiger charge is -2.28. The van der Waals surface area contributed by atoms with Crippen LogP contribution in [0, 0.1) is 5.41 Å². The molecule has 1 aromatic rings. The second-order valence-electron chi connectivity index (χ2n) is 4.05. The number of fused-ring (bicyclic) bond motifs is 1. The third kappa shape index (κ3) is 1.54. The second kappa shape index (κ2) is 3.04. The monoisotopic (exact) mass is 177 g/mol. The number of aliphatic hydroxyl groups is 1. The summed E-state index contributed by atoms with van der Waals surface area (Å²) in [6.07, 6.45) is 8.16. The molecule has 2 heteroatoms. The number of aliphatic hydroxyl groups excluding tert-OH is 1. The van der Waals surface area contributed by atoms with Gasteiger partial charge in [0.1, 0.15) is 0 Å². The van der Waals surface area contributed by atoms with Gasteiger partial charge in [0.25, 0.3) is 0 Å². The molecule has 0 bridgehead atoms. The highest BCUT2D eigenvalue weighted by molar-refractivity contribution is 5.54. The maximum absolute atomic E-state index is 8.94. The van der Waals surface area contributed by atoms with E-state index >= 15 is 0 Å². The topological polar surface area (TPSA) is 36.0 Å². The van der Waals surface area contributed by atoms with Gasteiger partial charge in [-0.25, -0.2) is 0 Å². The van der Waals surface area contributed by atoms with Crippen molar-refractivity contribution in [3.8, 4) is 0 Å². The molecule has 0 amide bonds. The van der Waals surface area contributed by atoms with E-state index in [-0.39, 0.29) is 12.0 Å². The summed E-state index contributed by atoms with van der Waals surface area (Å²) in [6.45, 7) is 2.45. The first-order valence-corrected chi connectivity index (χ1v) is 4.70. The molecular weight excluding hydrogens is 162 g/mol. The molecule has 2 rings (SSSR count). The Hall–Kier alpha value is -1.02. The lowest BCUT2D eigenvalue weighted by atomic mass is 9.77. The normalized spacial score (nSPS) is 26.0. The van der Waals surface area contributed by atoms with Crippen LogP contribution in [0.5, 0.6) is 0 Å². The molecule has 1 heterocycles. The maximum atomic E-state index is 8.94. The van der Waals surface area contributed by atoms with Crippen LogP contribution in [0.1, 0.15) is 24.6 Å². The molecule has 0 saturated carbocycles. The number of H-pyrrole nitrogens is 1. The smallest absolute Gasteiger partial charge is 0.0439 e. The van der Waals surface area contributed by atoms with Crippen molar-refractivity contribution < 1.29 is 5.11 Å². The Morgan fingerprint density at radius 1 is 1.62 bits per heavy atom. The minimum absolute atomic E-state index is 0.143. The summed E-state index contributed by atoms with van der Waals surface area (Å²) in [4.78, 5) is 3.19. The first-order chi connectivity index (χ1) is 6.23. The molecule has 0 fully saturated rings. The molecule has 0 saturated heterocycles. The first-order valence-electron chi connectivity index (χ1n) is 4.70. The van der Waals surface area contributed by atoms with Crippen molar-refractivity contribution in [2.45, 2.75) is 19.8 Å². The highest BCUT2D eigenvalue weighted by Gasteiger charge is 2.25. The van der Waals surface area contributed by atoms with Crippen LogP contribution in [0.4, 0.5) is 0 Å². The third-order valence-corrected chi connectivity index (χ3v) is 2.80. The second-order valence-corrected chi connectivity index (χ2v) is 4.05. The van der Waals surface area contributed by atoms with Crippen molar-refractivity contribution in [3.05, 3.63) is 29.6 Å². The minimum Gasteiger partial charge on any atom is -0.396 e. The Kier molecular flexibility index (Phi) is 2.00. The van der Waals surface area contributed by atoms with E-state index in [2.05, 4.69) is 30.1 Å². The largest absolute Gasteiger partial charge is 0.396 e. The van der Waals surface area contributed by atoms with E-state index in [9.17, 15) is 0 Å². The minimum atomic E-state index is 0.143. The van der Waals surface area contributed by atoms with Crippen LogP contribution >= 0.6 is 0 Å². The van der Waals surface area contributed by atoms with E-state index in [0.29, 0.717) is 0 Å². The van der Waals surface area contributed by atoms with Crippen molar-refractivity contribution >= 4 is 6.08 Å². The molecule has 0 aliphatic heterocycles. The van der Waals surface area contributed by atoms with E-state index in [0.717, 1.165) is 12.8 Å². The molecular formula is C11H15NO. The standard InChI is InChI=1S/C11H15NO/c1-11(5-7-13)4-2-10-9(8-11)3-6-12-10/h2-4,6,12-13H,5,7-8H2,1H3. The molecule has 1 unspecified atom stereocenters. The fraction of sp³-hybridized carbons (Fsp3) is 0.455. The SMILES string of the molecule is CC1(CCO)C=Cc2[nH]ccc2C1. The van der Waals surface area contributed by atoms with Crippen LogP contribution in [0.25, 0.3) is 6.08 Å². The van der Waals surface area contributed by atoms with Crippen LogP contribution in [0.15, 0.2) is 18.3 Å². The Labute approximate surface area is 78.3 Å². The molecule has 1 aliphatic rings. The predicted molar refractivity (Wildman–Crippen MR) is 53.3 cm³/mol. The van der Waals surface area contributed by atoms with E-state index in [1.807, 2.05) is 6.20 Å². The third-order valence-electron chi connectivity index (χ3n) is 2.80. The van der Waals surface area contributed by atoms with Crippen molar-refractivity contribution in [1.82, 2.24) is 4.98 Å². The van der Waals surface area contributed by atoms with Crippen molar-refractivity contribution in [2.75, 3.05) is 6.61 Å². The van der Waals surface area contributed by atoms with E-state index in [4.69, 9.17) is 5.11 Å². The number of hydrogen-bond acceptors (Lipinski definition) is 1. The molecule has 70 valence electrons. The summed E-state index contributed by atoms with van der Waals surface area (Å²) < 4.78 is 0. The van der Waals surface area contributed by atoms with Gasteiger partial charge in [-0.15, -0.1) is 0 Å². The molecule has 1 aromatic heterocycles. The highest BCUT2D eigenvalue weighted by Crippen LogP contribution is 2.34. The number of hydrogen-bond donors (Lipinski definition) is 2. The van der Waals surface area contributed by atoms with Crippen molar-refractivity contribution in [2.24, 2.45) is 5.41 Å². The summed E-state index contributed by atoms with van der Waals surface area (Å²) in [6, 6.07) is 2.12. The molecule has 0 radical (unpaired) electrons. The van der Waals surface area contributed by atoms with Gasteiger partial charge < -0.3 is 10.1 Å². The molecule has 1 aliphatic carbocycles. The van der Waals surface area contributed by atoms with Crippen LogP contribution in [0.3, 0.4) is 0 Å². The molecule has 0 spiro atoms. The number of aromatic nitrogens is 1. The van der Waals surface area contributed by atoms with Crippen LogP contribution in [0.2, 0.25) is 0 Å². The van der Waals surface area contributed by atoms with Crippen molar-refractivity contribution in [3.63, 3.8) is 0 Å². The van der Waals surface area contributed by atoms with Crippen LogP contribution in [-0.4, -0.2) is 16.7 Å². The summed E-state index contributed by atoms with van der Waals surface area (Å²) in [7, 11) is 0. The Bertz CT molecular complexity index is 327. The van der Waals surface area contributed by atoms with Crippen molar-refractivity contribution in [1.29, 1.82) is 0 Å². The van der Waals surface area contributed by atoms with E-state index in [1.54, 1.807) is 0 Å². The summed E-state index contributed by atoms with van der Waals surface area (Å²) in [5.74, 6) is 0. The van der Waals surface area contributed by atoms with Gasteiger partial charge in [0, 0.05) is 18.5 Å². The van der Waals surface area contributed by atoms with Gasteiger partial charge in [-0.2, -0.15) is 0 Å². The average molecular weight is 177 g/mol. The quantitative estimate of drug-likeness (QED) is 0.712. The lowest BCUT2D eigenvalue weighted by molar-refractivity contribution is 0.229. The average Bonchev–Trinajstić information content (AvgIpc) is 2.50. The Balaban J connectivity index is 2.24. The fourth-order valence-corrected chi connectivity index (χ4v) is 1.93. The van der Waals surface area contributed by atoms with Gasteiger partial charge in [0.2, 0.25) is 0 Å². The van der Waals surface area contributed by atoms with Gasteiger partial charge in [-0.05, 0) is 36.0 Å². The highest BCUT2D eigenvalue weighted by atomic mass is 16.3. The predicted octanol–water partition coefficient (Wildman–Crippen LogP) is 1.97. The number of aromatic amines is 1. The van der Waals surface area contributed by atoms with Gasteiger partial charge >= 0.3 is 0 Å². The lowest BCUT2D eigenvalue weighted by Crippen LogP contribution is -2.20. The molecule has 13 heavy (non-hydrogen) atoms. The van der Waals surface area contributed by atoms with E-state index in [1.165, 1.54) is 11.3 Å². The number of allylic oxidation sites excluding steroid dienone is 1. The van der Waals surface area contributed by atoms with Gasteiger partial charge in [-0.3, -0.25) is 0 Å². The Morgan fingerprint density at radius 3 is 3.23 bits per heavy atom. The summed E-state index contributed by atoms with van der Waals surface area (Å²) in [5, 5.41) is 8.94. The van der Waals surface area contributed by atoms with Crippen LogP contribution in [-0.2, 0) is 6.42 Å².